The molecule has 3 unspecified atom stereocenters. The van der Waals surface area contributed by atoms with Crippen LogP contribution in [-0.4, -0.2) is 50.8 Å². The quantitative estimate of drug-likeness (QED) is 0.343. The van der Waals surface area contributed by atoms with E-state index in [0.717, 1.165) is 44.2 Å². The van der Waals surface area contributed by atoms with Gasteiger partial charge < -0.3 is 10.6 Å². The van der Waals surface area contributed by atoms with E-state index in [2.05, 4.69) is 15.6 Å². The van der Waals surface area contributed by atoms with E-state index in [4.69, 9.17) is 11.6 Å². The molecule has 1 saturated heterocycles. The van der Waals surface area contributed by atoms with E-state index in [1.165, 1.54) is 24.9 Å². The van der Waals surface area contributed by atoms with Gasteiger partial charge in [-0.2, -0.15) is 0 Å². The monoisotopic (exact) mass is 580 g/mol. The Morgan fingerprint density at radius 1 is 1.23 bits per heavy atom. The molecule has 1 aromatic carbocycles. The van der Waals surface area contributed by atoms with Gasteiger partial charge in [-0.05, 0) is 61.6 Å². The molecule has 10 heteroatoms. The van der Waals surface area contributed by atoms with Gasteiger partial charge in [-0.3, -0.25) is 9.78 Å². The minimum atomic E-state index is -1.06. The molecular weight excluding hydrogens is 542 g/mol. The molecular formula is C29H39ClF2N4O2S. The van der Waals surface area contributed by atoms with Crippen molar-refractivity contribution in [3.8, 4) is 0 Å². The predicted octanol–water partition coefficient (Wildman–Crippen LogP) is 5.99. The number of benzene rings is 1. The lowest BCUT2D eigenvalue weighted by molar-refractivity contribution is -0.116. The Hall–Kier alpha value is -1.94. The minimum absolute atomic E-state index is 0.0118. The molecule has 1 aliphatic carbocycles. The summed E-state index contributed by atoms with van der Waals surface area (Å²) in [5, 5.41) is 6.32. The number of aromatic nitrogens is 1. The number of carbonyl (C=O) groups excluding carboxylic acids is 1. The summed E-state index contributed by atoms with van der Waals surface area (Å²) in [6.45, 7) is 4.16. The zero-order valence-corrected chi connectivity index (χ0v) is 24.1. The topological polar surface area (TPSA) is 74.3 Å². The Morgan fingerprint density at radius 3 is 2.77 bits per heavy atom. The first-order chi connectivity index (χ1) is 18.9. The van der Waals surface area contributed by atoms with Crippen LogP contribution in [0.4, 0.5) is 14.5 Å². The number of piperazine rings is 1. The number of nitrogens with zero attached hydrogens (tertiary/aromatic N) is 2. The SMILES string of the molecule is CCCS(=O)N1CCNCC1CCc1c(F)cncc1NC(=O)CC(c1ccc(Cl)c(F)c1)C1CCCCC1. The van der Waals surface area contributed by atoms with Crippen molar-refractivity contribution in [2.75, 3.05) is 30.7 Å². The van der Waals surface area contributed by atoms with Crippen LogP contribution in [0.5, 0.6) is 0 Å². The maximum Gasteiger partial charge on any atom is 0.225 e. The first-order valence-electron chi connectivity index (χ1n) is 14.1. The van der Waals surface area contributed by atoms with E-state index in [1.54, 1.807) is 12.1 Å². The van der Waals surface area contributed by atoms with Crippen molar-refractivity contribution in [1.29, 1.82) is 0 Å². The Morgan fingerprint density at radius 2 is 2.03 bits per heavy atom. The first kappa shape index (κ1) is 30.0. The van der Waals surface area contributed by atoms with Crippen LogP contribution in [0, 0.1) is 17.6 Å². The Balaban J connectivity index is 1.47. The fourth-order valence-corrected chi connectivity index (χ4v) is 7.43. The van der Waals surface area contributed by atoms with Gasteiger partial charge >= 0.3 is 0 Å². The summed E-state index contributed by atoms with van der Waals surface area (Å²) in [4.78, 5) is 17.3. The summed E-state index contributed by atoms with van der Waals surface area (Å²) in [6.07, 6.45) is 9.95. The number of carbonyl (C=O) groups is 1. The van der Waals surface area contributed by atoms with Gasteiger partial charge in [0.25, 0.3) is 0 Å². The lowest BCUT2D eigenvalue weighted by Crippen LogP contribution is -2.52. The van der Waals surface area contributed by atoms with Crippen molar-refractivity contribution in [1.82, 2.24) is 14.6 Å². The molecule has 3 atom stereocenters. The maximum atomic E-state index is 15.0. The third kappa shape index (κ3) is 8.06. The highest BCUT2D eigenvalue weighted by Crippen LogP contribution is 2.39. The van der Waals surface area contributed by atoms with Crippen molar-refractivity contribution in [2.45, 2.75) is 76.7 Å². The van der Waals surface area contributed by atoms with Crippen molar-refractivity contribution in [3.63, 3.8) is 0 Å². The fraction of sp³-hybridized carbons (Fsp3) is 0.586. The van der Waals surface area contributed by atoms with Crippen molar-refractivity contribution < 1.29 is 17.8 Å². The van der Waals surface area contributed by atoms with Crippen molar-refractivity contribution in [3.05, 3.63) is 58.4 Å². The molecule has 0 spiro atoms. The number of amides is 1. The fourth-order valence-electron chi connectivity index (χ4n) is 5.92. The molecule has 1 saturated carbocycles. The highest BCUT2D eigenvalue weighted by Gasteiger charge is 2.29. The largest absolute Gasteiger partial charge is 0.324 e. The van der Waals surface area contributed by atoms with Crippen LogP contribution in [0.25, 0.3) is 0 Å². The number of nitrogens with one attached hydrogen (secondary N) is 2. The highest BCUT2D eigenvalue weighted by atomic mass is 35.5. The lowest BCUT2D eigenvalue weighted by atomic mass is 9.75. The zero-order valence-electron chi connectivity index (χ0n) is 22.6. The van der Waals surface area contributed by atoms with Crippen LogP contribution in [-0.2, 0) is 22.2 Å². The van der Waals surface area contributed by atoms with Gasteiger partial charge in [-0.15, -0.1) is 0 Å². The molecule has 0 radical (unpaired) electrons. The third-order valence-electron chi connectivity index (χ3n) is 7.94. The van der Waals surface area contributed by atoms with Gasteiger partial charge in [-0.1, -0.05) is 43.9 Å². The standard InChI is InChI=1S/C29H39ClF2N4O2S/c1-2-14-39(38)36-13-12-33-17-22(36)9-10-23-27(32)18-34-19-28(23)35-29(37)16-24(20-6-4-3-5-7-20)21-8-11-25(30)26(31)15-21/h8,11,15,18-20,22,24,33H,2-7,9-10,12-14,16-17H2,1H3,(H,35,37). The molecule has 1 aliphatic heterocycles. The summed E-state index contributed by atoms with van der Waals surface area (Å²) in [7, 11) is -1.06. The molecule has 2 heterocycles. The number of anilines is 1. The first-order valence-corrected chi connectivity index (χ1v) is 15.8. The van der Waals surface area contributed by atoms with Gasteiger partial charge in [0, 0.05) is 43.4 Å². The molecule has 2 N–H and O–H groups in total. The number of halogens is 3. The summed E-state index contributed by atoms with van der Waals surface area (Å²) in [5.41, 5.74) is 1.52. The summed E-state index contributed by atoms with van der Waals surface area (Å²) in [6, 6.07) is 4.81. The second kappa shape index (κ2) is 14.6. The van der Waals surface area contributed by atoms with Crippen LogP contribution in [0.15, 0.2) is 30.6 Å². The molecule has 214 valence electrons. The Bertz CT molecular complexity index is 1150. The molecule has 39 heavy (non-hydrogen) atoms. The Labute approximate surface area is 237 Å². The van der Waals surface area contributed by atoms with E-state index in [0.29, 0.717) is 42.9 Å². The average molecular weight is 581 g/mol. The van der Waals surface area contributed by atoms with Gasteiger partial charge in [0.05, 0.1) is 34.1 Å². The van der Waals surface area contributed by atoms with Crippen molar-refractivity contribution >= 4 is 34.2 Å². The van der Waals surface area contributed by atoms with Crippen LogP contribution in [0.3, 0.4) is 0 Å². The van der Waals surface area contributed by atoms with Gasteiger partial charge in [0.1, 0.15) is 11.6 Å². The average Bonchev–Trinajstić information content (AvgIpc) is 2.94. The van der Waals surface area contributed by atoms with Gasteiger partial charge in [0.2, 0.25) is 5.91 Å². The van der Waals surface area contributed by atoms with E-state index < -0.39 is 22.6 Å². The van der Waals surface area contributed by atoms with E-state index in [1.807, 2.05) is 11.2 Å². The zero-order chi connectivity index (χ0) is 27.8. The molecule has 0 bridgehead atoms. The highest BCUT2D eigenvalue weighted by molar-refractivity contribution is 7.82. The Kier molecular flexibility index (Phi) is 11.3. The molecule has 1 aromatic heterocycles. The number of hydrogen-bond donors (Lipinski definition) is 2. The summed E-state index contributed by atoms with van der Waals surface area (Å²) in [5.74, 6) is -0.485. The number of rotatable bonds is 11. The normalized spacial score (nSPS) is 20.5. The van der Waals surface area contributed by atoms with Crippen LogP contribution < -0.4 is 10.6 Å². The predicted molar refractivity (Wildman–Crippen MR) is 153 cm³/mol. The van der Waals surface area contributed by atoms with E-state index in [-0.39, 0.29) is 35.2 Å². The second-order valence-corrected chi connectivity index (χ2v) is 12.6. The molecule has 2 aliphatic rings. The molecule has 4 rings (SSSR count). The van der Waals surface area contributed by atoms with Gasteiger partial charge in [0.15, 0.2) is 0 Å². The molecule has 2 aromatic rings. The summed E-state index contributed by atoms with van der Waals surface area (Å²) >= 11 is 5.92. The molecule has 6 nitrogen and oxygen atoms in total. The minimum Gasteiger partial charge on any atom is -0.324 e. The second-order valence-electron chi connectivity index (χ2n) is 10.6. The smallest absolute Gasteiger partial charge is 0.225 e. The lowest BCUT2D eigenvalue weighted by Gasteiger charge is -2.35. The third-order valence-corrected chi connectivity index (χ3v) is 10.0. The number of hydrogen-bond acceptors (Lipinski definition) is 4. The maximum absolute atomic E-state index is 15.0. The summed E-state index contributed by atoms with van der Waals surface area (Å²) < 4.78 is 44.0. The van der Waals surface area contributed by atoms with Crippen LogP contribution in [0.2, 0.25) is 5.02 Å². The van der Waals surface area contributed by atoms with Crippen LogP contribution in [0.1, 0.15) is 75.3 Å². The van der Waals surface area contributed by atoms with Crippen molar-refractivity contribution in [2.24, 2.45) is 5.92 Å². The number of pyridine rings is 1. The van der Waals surface area contributed by atoms with E-state index in [9.17, 15) is 17.8 Å². The molecule has 2 fully saturated rings. The van der Waals surface area contributed by atoms with E-state index >= 15 is 0 Å². The van der Waals surface area contributed by atoms with Gasteiger partial charge in [-0.25, -0.2) is 17.3 Å². The van der Waals surface area contributed by atoms with Crippen LogP contribution >= 0.6 is 11.6 Å². The molecule has 1 amide bonds.